The van der Waals surface area contributed by atoms with Gasteiger partial charge in [0.2, 0.25) is 11.8 Å². The molecule has 0 aliphatic heterocycles. The van der Waals surface area contributed by atoms with E-state index in [1.165, 1.54) is 37.3 Å². The van der Waals surface area contributed by atoms with E-state index in [4.69, 9.17) is 0 Å². The van der Waals surface area contributed by atoms with E-state index in [-0.39, 0.29) is 11.4 Å². The van der Waals surface area contributed by atoms with Crippen molar-refractivity contribution >= 4 is 29.3 Å². The van der Waals surface area contributed by atoms with Crippen molar-refractivity contribution in [3.05, 3.63) is 65.5 Å². The zero-order valence-electron chi connectivity index (χ0n) is 12.6. The number of anilines is 2. The molecule has 0 aromatic heterocycles. The number of carbonyl (C=O) groups excluding carboxylic acids is 2. The maximum Gasteiger partial charge on any atom is 0.248 e. The summed E-state index contributed by atoms with van der Waals surface area (Å²) in [5.41, 5.74) is 0.0423. The van der Waals surface area contributed by atoms with Crippen molar-refractivity contribution in [3.8, 4) is 0 Å². The second-order valence-electron chi connectivity index (χ2n) is 4.87. The summed E-state index contributed by atoms with van der Waals surface area (Å²) in [6, 6.07) is 6.94. The van der Waals surface area contributed by atoms with E-state index in [2.05, 4.69) is 10.6 Å². The fourth-order valence-electron chi connectivity index (χ4n) is 1.85. The van der Waals surface area contributed by atoms with Gasteiger partial charge in [-0.2, -0.15) is 0 Å². The second-order valence-corrected chi connectivity index (χ2v) is 4.87. The normalized spacial score (nSPS) is 10.7. The molecule has 2 amide bonds. The van der Waals surface area contributed by atoms with Gasteiger partial charge in [0.1, 0.15) is 17.5 Å². The first-order chi connectivity index (χ1) is 11.3. The molecule has 0 spiro atoms. The van der Waals surface area contributed by atoms with Gasteiger partial charge in [0, 0.05) is 19.1 Å². The van der Waals surface area contributed by atoms with Gasteiger partial charge in [0.05, 0.1) is 11.4 Å². The van der Waals surface area contributed by atoms with Crippen LogP contribution in [0.3, 0.4) is 0 Å². The Kier molecular flexibility index (Phi) is 5.36. The molecule has 0 saturated carbocycles. The number of carbonyl (C=O) groups is 2. The summed E-state index contributed by atoms with van der Waals surface area (Å²) in [7, 11) is 0. The van der Waals surface area contributed by atoms with E-state index in [1.54, 1.807) is 0 Å². The molecule has 7 heteroatoms. The SMILES string of the molecule is CC(=O)Nc1cc(NC(=O)/C=C/c2ccc(F)cc2)c(F)cc1F. The molecule has 0 radical (unpaired) electrons. The van der Waals surface area contributed by atoms with Crippen LogP contribution >= 0.6 is 0 Å². The summed E-state index contributed by atoms with van der Waals surface area (Å²) in [6.45, 7) is 1.17. The predicted octanol–water partition coefficient (Wildman–Crippen LogP) is 3.71. The summed E-state index contributed by atoms with van der Waals surface area (Å²) >= 11 is 0. The van der Waals surface area contributed by atoms with Gasteiger partial charge in [-0.1, -0.05) is 12.1 Å². The lowest BCUT2D eigenvalue weighted by Crippen LogP contribution is -2.12. The third-order valence-electron chi connectivity index (χ3n) is 2.92. The van der Waals surface area contributed by atoms with Crippen LogP contribution in [-0.4, -0.2) is 11.8 Å². The van der Waals surface area contributed by atoms with Gasteiger partial charge in [-0.05, 0) is 29.8 Å². The molecule has 0 aliphatic rings. The predicted molar refractivity (Wildman–Crippen MR) is 84.7 cm³/mol. The standard InChI is InChI=1S/C17H13F3N2O2/c1-10(23)21-15-9-16(14(20)8-13(15)19)22-17(24)7-4-11-2-5-12(18)6-3-11/h2-9H,1H3,(H,21,23)(H,22,24)/b7-4+. The van der Waals surface area contributed by atoms with E-state index >= 15 is 0 Å². The van der Waals surface area contributed by atoms with Gasteiger partial charge in [-0.25, -0.2) is 13.2 Å². The largest absolute Gasteiger partial charge is 0.324 e. The molecule has 2 rings (SSSR count). The van der Waals surface area contributed by atoms with Crippen LogP contribution in [0.2, 0.25) is 0 Å². The molecule has 124 valence electrons. The summed E-state index contributed by atoms with van der Waals surface area (Å²) in [5, 5.41) is 4.43. The van der Waals surface area contributed by atoms with Gasteiger partial charge < -0.3 is 10.6 Å². The van der Waals surface area contributed by atoms with Crippen molar-refractivity contribution in [2.45, 2.75) is 6.92 Å². The van der Waals surface area contributed by atoms with E-state index in [0.29, 0.717) is 11.6 Å². The molecule has 0 aliphatic carbocycles. The molecular formula is C17H13F3N2O2. The molecule has 0 atom stereocenters. The summed E-state index contributed by atoms with van der Waals surface area (Å²) in [6.07, 6.45) is 2.53. The highest BCUT2D eigenvalue weighted by Crippen LogP contribution is 2.23. The lowest BCUT2D eigenvalue weighted by molar-refractivity contribution is -0.114. The third-order valence-corrected chi connectivity index (χ3v) is 2.92. The topological polar surface area (TPSA) is 58.2 Å². The summed E-state index contributed by atoms with van der Waals surface area (Å²) < 4.78 is 40.0. The van der Waals surface area contributed by atoms with E-state index in [0.717, 1.165) is 12.1 Å². The van der Waals surface area contributed by atoms with Gasteiger partial charge in [0.25, 0.3) is 0 Å². The van der Waals surface area contributed by atoms with Crippen molar-refractivity contribution in [2.24, 2.45) is 0 Å². The van der Waals surface area contributed by atoms with E-state index < -0.39 is 29.3 Å². The highest BCUT2D eigenvalue weighted by molar-refractivity contribution is 6.02. The van der Waals surface area contributed by atoms with Crippen LogP contribution < -0.4 is 10.6 Å². The Bertz CT molecular complexity index is 802. The number of hydrogen-bond donors (Lipinski definition) is 2. The van der Waals surface area contributed by atoms with Crippen molar-refractivity contribution < 1.29 is 22.8 Å². The van der Waals surface area contributed by atoms with Crippen molar-refractivity contribution in [2.75, 3.05) is 10.6 Å². The quantitative estimate of drug-likeness (QED) is 0.838. The summed E-state index contributed by atoms with van der Waals surface area (Å²) in [4.78, 5) is 22.8. The van der Waals surface area contributed by atoms with Crippen LogP contribution in [0.25, 0.3) is 6.08 Å². The minimum atomic E-state index is -0.981. The Morgan fingerprint density at radius 3 is 2.08 bits per heavy atom. The Morgan fingerprint density at radius 2 is 1.50 bits per heavy atom. The molecule has 24 heavy (non-hydrogen) atoms. The van der Waals surface area contributed by atoms with Crippen LogP contribution in [0.4, 0.5) is 24.5 Å². The monoisotopic (exact) mass is 334 g/mol. The molecule has 2 aromatic carbocycles. The zero-order valence-corrected chi connectivity index (χ0v) is 12.6. The molecule has 2 N–H and O–H groups in total. The van der Waals surface area contributed by atoms with E-state index in [1.807, 2.05) is 0 Å². The molecule has 0 fully saturated rings. The van der Waals surface area contributed by atoms with Crippen molar-refractivity contribution in [3.63, 3.8) is 0 Å². The lowest BCUT2D eigenvalue weighted by atomic mass is 10.2. The fourth-order valence-corrected chi connectivity index (χ4v) is 1.85. The second kappa shape index (κ2) is 7.45. The highest BCUT2D eigenvalue weighted by atomic mass is 19.1. The number of benzene rings is 2. The maximum atomic E-state index is 13.7. The Balaban J connectivity index is 2.13. The Hall–Kier alpha value is -3.09. The third kappa shape index (κ3) is 4.70. The van der Waals surface area contributed by atoms with Crippen LogP contribution in [-0.2, 0) is 9.59 Å². The smallest absolute Gasteiger partial charge is 0.248 e. The highest BCUT2D eigenvalue weighted by Gasteiger charge is 2.12. The summed E-state index contributed by atoms with van der Waals surface area (Å²) in [5.74, 6) is -3.55. The van der Waals surface area contributed by atoms with Gasteiger partial charge >= 0.3 is 0 Å². The van der Waals surface area contributed by atoms with Crippen molar-refractivity contribution in [1.82, 2.24) is 0 Å². The number of amides is 2. The number of hydrogen-bond acceptors (Lipinski definition) is 2. The molecular weight excluding hydrogens is 321 g/mol. The van der Waals surface area contributed by atoms with Gasteiger partial charge in [-0.3, -0.25) is 9.59 Å². The molecule has 4 nitrogen and oxygen atoms in total. The lowest BCUT2D eigenvalue weighted by Gasteiger charge is -2.09. The number of halogens is 3. The maximum absolute atomic E-state index is 13.7. The van der Waals surface area contributed by atoms with Crippen LogP contribution in [0, 0.1) is 17.5 Å². The molecule has 0 heterocycles. The molecule has 2 aromatic rings. The first-order valence-corrected chi connectivity index (χ1v) is 6.86. The first-order valence-electron chi connectivity index (χ1n) is 6.86. The average molecular weight is 334 g/mol. The van der Waals surface area contributed by atoms with Crippen molar-refractivity contribution in [1.29, 1.82) is 0 Å². The Morgan fingerprint density at radius 1 is 0.917 bits per heavy atom. The Labute approximate surface area is 136 Å². The minimum Gasteiger partial charge on any atom is -0.324 e. The average Bonchev–Trinajstić information content (AvgIpc) is 2.51. The van der Waals surface area contributed by atoms with Crippen LogP contribution in [0.5, 0.6) is 0 Å². The van der Waals surface area contributed by atoms with Crippen LogP contribution in [0.15, 0.2) is 42.5 Å². The number of rotatable bonds is 4. The first kappa shape index (κ1) is 17.3. The van der Waals surface area contributed by atoms with Crippen LogP contribution in [0.1, 0.15) is 12.5 Å². The zero-order chi connectivity index (χ0) is 17.7. The number of nitrogens with one attached hydrogen (secondary N) is 2. The van der Waals surface area contributed by atoms with Gasteiger partial charge in [0.15, 0.2) is 0 Å². The van der Waals surface area contributed by atoms with Gasteiger partial charge in [-0.15, -0.1) is 0 Å². The molecule has 0 saturated heterocycles. The molecule has 0 unspecified atom stereocenters. The van der Waals surface area contributed by atoms with E-state index in [9.17, 15) is 22.8 Å². The minimum absolute atomic E-state index is 0.248. The molecule has 0 bridgehead atoms. The fraction of sp³-hybridized carbons (Fsp3) is 0.0588.